The van der Waals surface area contributed by atoms with Crippen LogP contribution in [0.2, 0.25) is 5.02 Å². The first kappa shape index (κ1) is 37.1. The van der Waals surface area contributed by atoms with Crippen LogP contribution in [0.1, 0.15) is 28.4 Å². The van der Waals surface area contributed by atoms with E-state index in [-0.39, 0.29) is 29.2 Å². The standard InChI is InChI=1S/C24H22ClF4N7O5.C2HF3O2/c25-13-1-11(2-15(5-13)41-24(27,28)29)17(6-21(38)39)34-20(37)10-30-22(40)12-3-18(16-9-33-36-19(16)4-12)35-23-31-7-14(26)8-32-23;3-2(4,5)1(6)7/h1-5,9,14,17H,6-8,10H2,(H,30,40)(H,33,36)(H,34,37)(H,38,39)(H2,31,32,35);(H,6,7). The second-order valence-corrected chi connectivity index (χ2v) is 10.1. The quantitative estimate of drug-likeness (QED) is 0.161. The minimum Gasteiger partial charge on any atom is -0.481 e. The van der Waals surface area contributed by atoms with Crippen LogP contribution in [0.5, 0.6) is 5.75 Å². The Morgan fingerprint density at radius 1 is 1.06 bits per heavy atom. The number of nitrogens with zero attached hydrogens (tertiary/aromatic N) is 2. The molecule has 0 saturated carbocycles. The molecule has 0 radical (unpaired) electrons. The van der Waals surface area contributed by atoms with E-state index in [0.29, 0.717) is 22.5 Å². The molecule has 1 aliphatic heterocycles. The van der Waals surface area contributed by atoms with Gasteiger partial charge in [-0.05, 0) is 35.9 Å². The average molecular weight is 714 g/mol. The fraction of sp³-hybridized carbons (Fsp3) is 0.308. The third-order valence-electron chi connectivity index (χ3n) is 5.91. The molecular weight excluding hydrogens is 691 g/mol. The number of alkyl halides is 7. The molecule has 14 nitrogen and oxygen atoms in total. The Morgan fingerprint density at radius 3 is 2.33 bits per heavy atom. The Hall–Kier alpha value is -5.34. The van der Waals surface area contributed by atoms with E-state index in [0.717, 1.165) is 12.1 Å². The number of aliphatic carboxylic acids is 2. The summed E-state index contributed by atoms with van der Waals surface area (Å²) in [6.45, 7) is -0.574. The Morgan fingerprint density at radius 2 is 1.75 bits per heavy atom. The van der Waals surface area contributed by atoms with Gasteiger partial charge in [-0.2, -0.15) is 18.3 Å². The number of fused-ring (bicyclic) bond motifs is 1. The van der Waals surface area contributed by atoms with Gasteiger partial charge in [-0.1, -0.05) is 11.6 Å². The summed E-state index contributed by atoms with van der Waals surface area (Å²) in [4.78, 5) is 49.8. The molecule has 2 amide bonds. The van der Waals surface area contributed by atoms with Gasteiger partial charge < -0.3 is 36.2 Å². The fourth-order valence-electron chi connectivity index (χ4n) is 3.93. The third-order valence-corrected chi connectivity index (χ3v) is 6.13. The number of amides is 2. The summed E-state index contributed by atoms with van der Waals surface area (Å²) in [5.74, 6) is -6.02. The van der Waals surface area contributed by atoms with Crippen LogP contribution in [0.25, 0.3) is 10.9 Å². The zero-order valence-corrected chi connectivity index (χ0v) is 24.6. The molecule has 1 aliphatic rings. The minimum atomic E-state index is -5.08. The Kier molecular flexibility index (Phi) is 12.0. The molecule has 2 atom stereocenters. The summed E-state index contributed by atoms with van der Waals surface area (Å²) >= 11 is 5.88. The average Bonchev–Trinajstić information content (AvgIpc) is 3.44. The number of aliphatic imine (C=N–C) groups is 1. The van der Waals surface area contributed by atoms with E-state index >= 15 is 0 Å². The van der Waals surface area contributed by atoms with E-state index in [9.17, 15) is 50.2 Å². The van der Waals surface area contributed by atoms with Crippen LogP contribution >= 0.6 is 11.6 Å². The number of rotatable bonds is 9. The number of hydrogen-bond acceptors (Lipinski definition) is 9. The van der Waals surface area contributed by atoms with Crippen molar-refractivity contribution in [1.82, 2.24) is 26.1 Å². The van der Waals surface area contributed by atoms with Crippen molar-refractivity contribution in [3.63, 3.8) is 0 Å². The number of carbonyl (C=O) groups is 4. The lowest BCUT2D eigenvalue weighted by atomic mass is 10.0. The van der Waals surface area contributed by atoms with E-state index in [2.05, 4.69) is 41.2 Å². The second-order valence-electron chi connectivity index (χ2n) is 9.62. The van der Waals surface area contributed by atoms with Crippen LogP contribution in [-0.2, 0) is 14.4 Å². The van der Waals surface area contributed by atoms with Crippen LogP contribution in [0.4, 0.5) is 36.4 Å². The molecule has 0 saturated heterocycles. The molecule has 2 unspecified atom stereocenters. The lowest BCUT2D eigenvalue weighted by Gasteiger charge is -2.20. The number of aromatic nitrogens is 2. The molecular formula is C26H23ClF7N7O7. The zero-order chi connectivity index (χ0) is 35.8. The van der Waals surface area contributed by atoms with Crippen molar-refractivity contribution in [3.05, 3.63) is 52.7 Å². The van der Waals surface area contributed by atoms with Crippen molar-refractivity contribution in [2.24, 2.45) is 4.99 Å². The SMILES string of the molecule is O=C(O)C(F)(F)F.O=C(O)CC(NC(=O)CNC(=O)c1cc(NC2=NCC(F)CN2)c2cn[nH]c2c1)c1cc(Cl)cc(OC(F)(F)F)c1. The zero-order valence-electron chi connectivity index (χ0n) is 23.8. The number of aromatic amines is 1. The molecule has 4 rings (SSSR count). The lowest BCUT2D eigenvalue weighted by Crippen LogP contribution is -2.41. The smallest absolute Gasteiger partial charge is 0.481 e. The molecule has 2 heterocycles. The van der Waals surface area contributed by atoms with Gasteiger partial charge in [-0.25, -0.2) is 14.2 Å². The van der Waals surface area contributed by atoms with Gasteiger partial charge in [0.1, 0.15) is 11.9 Å². The molecule has 1 aromatic heterocycles. The van der Waals surface area contributed by atoms with Gasteiger partial charge in [-0.3, -0.25) is 19.5 Å². The molecule has 7 N–H and O–H groups in total. The number of carboxylic acids is 2. The van der Waals surface area contributed by atoms with Gasteiger partial charge in [0.25, 0.3) is 5.91 Å². The van der Waals surface area contributed by atoms with Crippen LogP contribution in [0, 0.1) is 0 Å². The summed E-state index contributed by atoms with van der Waals surface area (Å²) in [6, 6.07) is 4.63. The lowest BCUT2D eigenvalue weighted by molar-refractivity contribution is -0.274. The summed E-state index contributed by atoms with van der Waals surface area (Å²) in [5, 5.41) is 34.0. The number of carboxylic acid groups (broad SMARTS) is 2. The van der Waals surface area contributed by atoms with Gasteiger partial charge in [-0.15, -0.1) is 13.2 Å². The van der Waals surface area contributed by atoms with Crippen molar-refractivity contribution in [3.8, 4) is 5.75 Å². The molecule has 260 valence electrons. The maximum absolute atomic E-state index is 13.4. The number of ether oxygens (including phenoxy) is 1. The Bertz CT molecular complexity index is 1700. The van der Waals surface area contributed by atoms with Crippen molar-refractivity contribution in [2.75, 3.05) is 25.0 Å². The highest BCUT2D eigenvalue weighted by Gasteiger charge is 2.38. The molecule has 0 aliphatic carbocycles. The molecule has 0 spiro atoms. The van der Waals surface area contributed by atoms with E-state index in [1.54, 1.807) is 0 Å². The summed E-state index contributed by atoms with van der Waals surface area (Å²) in [6.07, 6.45) is -10.4. The second kappa shape index (κ2) is 15.5. The Balaban J connectivity index is 0.000000804. The number of anilines is 1. The van der Waals surface area contributed by atoms with Crippen molar-refractivity contribution < 1.29 is 64.9 Å². The van der Waals surface area contributed by atoms with Crippen molar-refractivity contribution in [2.45, 2.75) is 31.2 Å². The normalized spacial score (nSPS) is 15.2. The van der Waals surface area contributed by atoms with Gasteiger partial charge in [0, 0.05) is 16.0 Å². The van der Waals surface area contributed by atoms with Crippen LogP contribution < -0.4 is 26.0 Å². The predicted molar refractivity (Wildman–Crippen MR) is 152 cm³/mol. The maximum atomic E-state index is 13.4. The number of H-pyrrole nitrogens is 1. The Labute approximate surface area is 268 Å². The number of guanidine groups is 1. The molecule has 2 aromatic carbocycles. The predicted octanol–water partition coefficient (Wildman–Crippen LogP) is 3.52. The summed E-state index contributed by atoms with van der Waals surface area (Å²) < 4.78 is 87.0. The highest BCUT2D eigenvalue weighted by molar-refractivity contribution is 6.30. The van der Waals surface area contributed by atoms with Crippen molar-refractivity contribution in [1.29, 1.82) is 0 Å². The van der Waals surface area contributed by atoms with E-state index in [4.69, 9.17) is 21.5 Å². The molecule has 48 heavy (non-hydrogen) atoms. The van der Waals surface area contributed by atoms with Gasteiger partial charge in [0.05, 0.1) is 49.5 Å². The maximum Gasteiger partial charge on any atom is 0.573 e. The van der Waals surface area contributed by atoms with Crippen molar-refractivity contribution >= 4 is 57.9 Å². The van der Waals surface area contributed by atoms with Gasteiger partial charge in [0.15, 0.2) is 5.96 Å². The van der Waals surface area contributed by atoms with Crippen LogP contribution in [-0.4, -0.2) is 88.5 Å². The summed E-state index contributed by atoms with van der Waals surface area (Å²) in [5.41, 5.74) is 0.956. The fourth-order valence-corrected chi connectivity index (χ4v) is 4.16. The first-order valence-corrected chi connectivity index (χ1v) is 13.5. The number of hydrogen-bond donors (Lipinski definition) is 7. The first-order chi connectivity index (χ1) is 22.3. The first-order valence-electron chi connectivity index (χ1n) is 13.1. The third kappa shape index (κ3) is 11.5. The van der Waals surface area contributed by atoms with E-state index < -0.39 is 67.2 Å². The highest BCUT2D eigenvalue weighted by Crippen LogP contribution is 2.30. The van der Waals surface area contributed by atoms with Gasteiger partial charge >= 0.3 is 24.5 Å². The number of nitrogens with one attached hydrogen (secondary N) is 5. The topological polar surface area (TPSA) is 207 Å². The number of carbonyl (C=O) groups excluding carboxylic acids is 2. The largest absolute Gasteiger partial charge is 0.573 e. The summed E-state index contributed by atoms with van der Waals surface area (Å²) in [7, 11) is 0. The monoisotopic (exact) mass is 713 g/mol. The van der Waals surface area contributed by atoms with Crippen LogP contribution in [0.3, 0.4) is 0 Å². The number of halogens is 8. The minimum absolute atomic E-state index is 0.0339. The highest BCUT2D eigenvalue weighted by atomic mass is 35.5. The van der Waals surface area contributed by atoms with E-state index in [1.165, 1.54) is 24.4 Å². The molecule has 22 heteroatoms. The molecule has 0 bridgehead atoms. The number of benzene rings is 2. The van der Waals surface area contributed by atoms with Gasteiger partial charge in [0.2, 0.25) is 5.91 Å². The molecule has 0 fully saturated rings. The van der Waals surface area contributed by atoms with Crippen LogP contribution in [0.15, 0.2) is 41.5 Å². The van der Waals surface area contributed by atoms with E-state index in [1.807, 2.05) is 0 Å². The molecule has 3 aromatic rings.